The van der Waals surface area contributed by atoms with Crippen LogP contribution in [0.4, 0.5) is 17.3 Å². The first-order valence-corrected chi connectivity index (χ1v) is 7.00. The van der Waals surface area contributed by atoms with E-state index in [1.165, 1.54) is 14.6 Å². The lowest BCUT2D eigenvalue weighted by Gasteiger charge is -1.94. The van der Waals surface area contributed by atoms with Crippen LogP contribution in [-0.2, 0) is 7.05 Å². The third kappa shape index (κ3) is 4.85. The first kappa shape index (κ1) is 15.3. The van der Waals surface area contributed by atoms with Gasteiger partial charge in [0.25, 0.3) is 4.34 Å². The van der Waals surface area contributed by atoms with Gasteiger partial charge in [0.15, 0.2) is 0 Å². The van der Waals surface area contributed by atoms with Crippen molar-refractivity contribution in [3.8, 4) is 0 Å². The van der Waals surface area contributed by atoms with Crippen LogP contribution in [0.25, 0.3) is 10.2 Å². The van der Waals surface area contributed by atoms with Gasteiger partial charge in [0, 0.05) is 11.8 Å². The second-order valence-electron chi connectivity index (χ2n) is 3.32. The zero-order chi connectivity index (χ0) is 13.8. The average molecular weight is 297 g/mol. The summed E-state index contributed by atoms with van der Waals surface area (Å²) in [7, 11) is -3.86. The van der Waals surface area contributed by atoms with Gasteiger partial charge in [-0.1, -0.05) is 30.4 Å². The van der Waals surface area contributed by atoms with Crippen LogP contribution < -0.4 is 4.57 Å². The van der Waals surface area contributed by atoms with E-state index in [-0.39, 0.29) is 0 Å². The van der Waals surface area contributed by atoms with E-state index >= 15 is 0 Å². The molecular weight excluding hydrogens is 285 g/mol. The van der Waals surface area contributed by atoms with Gasteiger partial charge in [-0.15, -0.1) is 0 Å². The summed E-state index contributed by atoms with van der Waals surface area (Å²) >= 11 is 3.78. The third-order valence-corrected chi connectivity index (χ3v) is 4.39. The predicted octanol–water partition coefficient (Wildman–Crippen LogP) is 4.14. The number of benzene rings is 1. The molecule has 1 aromatic heterocycles. The van der Waals surface area contributed by atoms with Crippen molar-refractivity contribution < 1.29 is 21.8 Å². The van der Waals surface area contributed by atoms with E-state index in [1.807, 2.05) is 23.1 Å². The molecule has 18 heavy (non-hydrogen) atoms. The molecule has 0 amide bonds. The molecule has 0 N–H and O–H groups in total. The molecule has 1 nitrogen and oxygen atoms in total. The van der Waals surface area contributed by atoms with Crippen LogP contribution in [0.15, 0.2) is 28.6 Å². The highest BCUT2D eigenvalue weighted by Crippen LogP contribution is 2.26. The van der Waals surface area contributed by atoms with E-state index in [1.54, 1.807) is 0 Å². The number of hydrogen-bond donors (Lipinski definition) is 0. The van der Waals surface area contributed by atoms with Crippen molar-refractivity contribution in [2.75, 3.05) is 5.75 Å². The van der Waals surface area contributed by atoms with Crippen molar-refractivity contribution in [1.29, 1.82) is 0 Å². The Kier molecular flexibility index (Phi) is 5.46. The Bertz CT molecular complexity index is 506. The Morgan fingerprint density at radius 2 is 1.78 bits per heavy atom. The minimum atomic E-state index is -6.00. The summed E-state index contributed by atoms with van der Waals surface area (Å²) in [6.07, 6.45) is 0. The molecule has 0 radical (unpaired) electrons. The number of thioether (sulfide) groups is 1. The van der Waals surface area contributed by atoms with Crippen molar-refractivity contribution >= 4 is 40.6 Å². The number of fused-ring (bicyclic) bond motifs is 1. The van der Waals surface area contributed by atoms with Crippen molar-refractivity contribution in [2.24, 2.45) is 7.05 Å². The lowest BCUT2D eigenvalue weighted by molar-refractivity contribution is -0.676. The second-order valence-corrected chi connectivity index (χ2v) is 5.86. The molecule has 2 aromatic rings. The molecule has 8 heteroatoms. The van der Waals surface area contributed by atoms with Crippen LogP contribution in [0, 0.1) is 0 Å². The highest BCUT2D eigenvalue weighted by molar-refractivity contribution is 8.00. The number of aryl methyl sites for hydroxylation is 1. The molecule has 0 aliphatic heterocycles. The van der Waals surface area contributed by atoms with Crippen LogP contribution in [0.5, 0.6) is 0 Å². The van der Waals surface area contributed by atoms with E-state index in [2.05, 4.69) is 42.8 Å². The van der Waals surface area contributed by atoms with E-state index in [9.17, 15) is 17.3 Å². The molecule has 0 unspecified atom stereocenters. The van der Waals surface area contributed by atoms with Crippen molar-refractivity contribution in [1.82, 2.24) is 0 Å². The van der Waals surface area contributed by atoms with E-state index in [0.717, 1.165) is 5.75 Å². The van der Waals surface area contributed by atoms with Crippen LogP contribution >= 0.6 is 23.1 Å². The average Bonchev–Trinajstić information content (AvgIpc) is 2.55. The first-order chi connectivity index (χ1) is 8.33. The summed E-state index contributed by atoms with van der Waals surface area (Å²) in [4.78, 5) is 0. The molecule has 0 atom stereocenters. The number of hydrogen-bond acceptors (Lipinski definition) is 2. The summed E-state index contributed by atoms with van der Waals surface area (Å²) < 4.78 is 44.0. The van der Waals surface area contributed by atoms with E-state index in [0.29, 0.717) is 0 Å². The molecule has 0 bridgehead atoms. The molecule has 1 aromatic carbocycles. The standard InChI is InChI=1S/C10H12NS2.BF4/c1-3-12-10-11(2)8-6-4-5-7-9(8)13-10;2-1(3,4)5/h4-7H,3H2,1-2H3;/q+1;-1. The monoisotopic (exact) mass is 297 g/mol. The summed E-state index contributed by atoms with van der Waals surface area (Å²) in [6, 6.07) is 8.54. The largest absolute Gasteiger partial charge is 0.673 e. The maximum Gasteiger partial charge on any atom is 0.673 e. The molecule has 0 saturated heterocycles. The van der Waals surface area contributed by atoms with Gasteiger partial charge in [0.05, 0.1) is 0 Å². The first-order valence-electron chi connectivity index (χ1n) is 5.20. The number of nitrogens with zero attached hydrogens (tertiary/aromatic N) is 1. The van der Waals surface area contributed by atoms with Gasteiger partial charge in [0.1, 0.15) is 11.7 Å². The molecule has 2 rings (SSSR count). The normalized spacial score (nSPS) is 11.2. The quantitative estimate of drug-likeness (QED) is 0.349. The lowest BCUT2D eigenvalue weighted by atomic mass is 10.3. The molecule has 0 saturated carbocycles. The van der Waals surface area contributed by atoms with Crippen LogP contribution in [0.1, 0.15) is 6.92 Å². The van der Waals surface area contributed by atoms with Gasteiger partial charge in [0.2, 0.25) is 5.52 Å². The Balaban J connectivity index is 0.000000280. The molecule has 1 heterocycles. The maximum absolute atomic E-state index is 9.75. The van der Waals surface area contributed by atoms with Gasteiger partial charge in [-0.25, -0.2) is 0 Å². The van der Waals surface area contributed by atoms with Gasteiger partial charge in [-0.05, 0) is 17.8 Å². The lowest BCUT2D eigenvalue weighted by Crippen LogP contribution is -2.28. The second kappa shape index (κ2) is 6.42. The highest BCUT2D eigenvalue weighted by atomic mass is 32.2. The number of thiazole rings is 1. The maximum atomic E-state index is 9.75. The van der Waals surface area contributed by atoms with Gasteiger partial charge in [-0.3, -0.25) is 0 Å². The Morgan fingerprint density at radius 3 is 2.28 bits per heavy atom. The summed E-state index contributed by atoms with van der Waals surface area (Å²) in [6.45, 7) is 2.19. The zero-order valence-corrected chi connectivity index (χ0v) is 11.5. The number of halogens is 4. The fourth-order valence-corrected chi connectivity index (χ4v) is 3.61. The predicted molar refractivity (Wildman–Crippen MR) is 69.6 cm³/mol. The number of para-hydroxylation sites is 1. The van der Waals surface area contributed by atoms with Crippen LogP contribution in [-0.4, -0.2) is 13.0 Å². The van der Waals surface area contributed by atoms with E-state index < -0.39 is 7.25 Å². The highest BCUT2D eigenvalue weighted by Gasteiger charge is 2.20. The van der Waals surface area contributed by atoms with E-state index in [4.69, 9.17) is 0 Å². The van der Waals surface area contributed by atoms with Gasteiger partial charge in [-0.2, -0.15) is 4.57 Å². The fourth-order valence-electron chi connectivity index (χ4n) is 1.33. The molecule has 100 valence electrons. The summed E-state index contributed by atoms with van der Waals surface area (Å²) in [5, 5.41) is 0. The Hall–Kier alpha value is -0.755. The topological polar surface area (TPSA) is 3.88 Å². The third-order valence-electron chi connectivity index (χ3n) is 1.97. The molecule has 0 aliphatic rings. The van der Waals surface area contributed by atoms with Gasteiger partial charge >= 0.3 is 7.25 Å². The Morgan fingerprint density at radius 1 is 1.22 bits per heavy atom. The van der Waals surface area contributed by atoms with Crippen molar-refractivity contribution in [2.45, 2.75) is 11.3 Å². The number of rotatable bonds is 2. The summed E-state index contributed by atoms with van der Waals surface area (Å²) in [5.41, 5.74) is 1.34. The SMILES string of the molecule is CCSc1sc2ccccc2[n+]1C.F[B-](F)(F)F. The molecule has 0 aliphatic carbocycles. The molecule has 0 fully saturated rings. The number of aromatic nitrogens is 1. The van der Waals surface area contributed by atoms with Gasteiger partial charge < -0.3 is 17.3 Å². The van der Waals surface area contributed by atoms with Crippen molar-refractivity contribution in [3.05, 3.63) is 24.3 Å². The summed E-state index contributed by atoms with van der Waals surface area (Å²) in [5.74, 6) is 1.14. The minimum Gasteiger partial charge on any atom is -0.418 e. The fraction of sp³-hybridized carbons (Fsp3) is 0.300. The molecular formula is C10H12BF4NS2. The smallest absolute Gasteiger partial charge is 0.418 e. The zero-order valence-electron chi connectivity index (χ0n) is 9.87. The van der Waals surface area contributed by atoms with Crippen LogP contribution in [0.2, 0.25) is 0 Å². The minimum absolute atomic E-state index is 1.14. The van der Waals surface area contributed by atoms with Crippen LogP contribution in [0.3, 0.4) is 0 Å². The van der Waals surface area contributed by atoms with Crippen molar-refractivity contribution in [3.63, 3.8) is 0 Å². The Labute approximate surface area is 111 Å². The molecule has 0 spiro atoms.